The number of aliphatic hydroxyl groups excluding tert-OH is 1. The van der Waals surface area contributed by atoms with Crippen LogP contribution >= 0.6 is 23.2 Å². The Hall–Kier alpha value is -3.00. The monoisotopic (exact) mass is 502 g/mol. The molecule has 1 aliphatic rings. The van der Waals surface area contributed by atoms with Crippen molar-refractivity contribution in [2.24, 2.45) is 0 Å². The van der Waals surface area contributed by atoms with Gasteiger partial charge in [0.05, 0.1) is 17.8 Å². The third kappa shape index (κ3) is 4.57. The van der Waals surface area contributed by atoms with E-state index < -0.39 is 26.9 Å². The molecule has 0 aliphatic carbocycles. The SMILES string of the molecule is CC1C(O)=C(C(=O)Nc2ccc(Cl)cc2)c2ccccc2N(Cc2ccc(Cl)cc2)S1(=O)=O. The predicted octanol–water partition coefficient (Wildman–Crippen LogP) is 5.64. The largest absolute Gasteiger partial charge is 0.510 e. The number of nitrogens with zero attached hydrogens (tertiary/aromatic N) is 1. The van der Waals surface area contributed by atoms with Gasteiger partial charge in [-0.05, 0) is 55.0 Å². The minimum Gasteiger partial charge on any atom is -0.510 e. The molecule has 2 N–H and O–H groups in total. The number of para-hydroxylation sites is 1. The summed E-state index contributed by atoms with van der Waals surface area (Å²) in [5, 5.41) is 13.4. The number of rotatable bonds is 4. The summed E-state index contributed by atoms with van der Waals surface area (Å²) in [6, 6.07) is 19.9. The van der Waals surface area contributed by atoms with E-state index in [-0.39, 0.29) is 12.1 Å². The van der Waals surface area contributed by atoms with Crippen molar-refractivity contribution in [3.8, 4) is 0 Å². The normalized spacial score (nSPS) is 17.3. The second-order valence-corrected chi connectivity index (χ2v) is 10.6. The molecule has 3 aromatic carbocycles. The van der Waals surface area contributed by atoms with Gasteiger partial charge in [-0.2, -0.15) is 0 Å². The van der Waals surface area contributed by atoms with E-state index in [2.05, 4.69) is 5.32 Å². The molecular weight excluding hydrogens is 483 g/mol. The molecule has 33 heavy (non-hydrogen) atoms. The van der Waals surface area contributed by atoms with Gasteiger partial charge in [0.15, 0.2) is 0 Å². The first-order chi connectivity index (χ1) is 15.7. The highest BCUT2D eigenvalue weighted by atomic mass is 35.5. The number of fused-ring (bicyclic) bond motifs is 1. The average molecular weight is 503 g/mol. The Kier molecular flexibility index (Phi) is 6.38. The third-order valence-electron chi connectivity index (χ3n) is 5.41. The van der Waals surface area contributed by atoms with Crippen LogP contribution in [-0.4, -0.2) is 24.7 Å². The molecule has 0 spiro atoms. The van der Waals surface area contributed by atoms with Gasteiger partial charge in [-0.3, -0.25) is 9.10 Å². The smallest absolute Gasteiger partial charge is 0.259 e. The number of aliphatic hydroxyl groups is 1. The third-order valence-corrected chi connectivity index (χ3v) is 7.97. The number of carbonyl (C=O) groups excluding carboxylic acids is 1. The fourth-order valence-corrected chi connectivity index (χ4v) is 5.41. The first kappa shape index (κ1) is 23.2. The lowest BCUT2D eigenvalue weighted by Crippen LogP contribution is -2.37. The molecule has 1 atom stereocenters. The number of halogens is 2. The lowest BCUT2D eigenvalue weighted by Gasteiger charge is -2.26. The van der Waals surface area contributed by atoms with Gasteiger partial charge in [0.25, 0.3) is 5.91 Å². The van der Waals surface area contributed by atoms with E-state index in [1.807, 2.05) is 0 Å². The molecule has 0 saturated heterocycles. The van der Waals surface area contributed by atoms with E-state index in [0.29, 0.717) is 32.5 Å². The molecule has 0 fully saturated rings. The van der Waals surface area contributed by atoms with Crippen LogP contribution in [-0.2, 0) is 21.4 Å². The summed E-state index contributed by atoms with van der Waals surface area (Å²) in [5.41, 5.74) is 1.67. The van der Waals surface area contributed by atoms with Gasteiger partial charge in [-0.15, -0.1) is 0 Å². The number of hydrogen-bond donors (Lipinski definition) is 2. The van der Waals surface area contributed by atoms with E-state index in [1.165, 1.54) is 11.2 Å². The van der Waals surface area contributed by atoms with Crippen LogP contribution in [0.1, 0.15) is 18.1 Å². The Bertz CT molecular complexity index is 1340. The molecule has 170 valence electrons. The highest BCUT2D eigenvalue weighted by molar-refractivity contribution is 7.93. The van der Waals surface area contributed by atoms with Gasteiger partial charge in [0, 0.05) is 21.3 Å². The molecular formula is C24H20Cl2N2O4S. The fourth-order valence-electron chi connectivity index (χ4n) is 3.61. The van der Waals surface area contributed by atoms with E-state index in [9.17, 15) is 18.3 Å². The molecule has 6 nitrogen and oxygen atoms in total. The molecule has 3 aromatic rings. The van der Waals surface area contributed by atoms with E-state index in [0.717, 1.165) is 0 Å². The number of hydrogen-bond acceptors (Lipinski definition) is 4. The van der Waals surface area contributed by atoms with Crippen molar-refractivity contribution in [1.82, 2.24) is 0 Å². The molecule has 9 heteroatoms. The van der Waals surface area contributed by atoms with Crippen LogP contribution in [0.4, 0.5) is 11.4 Å². The molecule has 0 radical (unpaired) electrons. The zero-order valence-electron chi connectivity index (χ0n) is 17.5. The van der Waals surface area contributed by atoms with Crippen molar-refractivity contribution in [3.05, 3.63) is 99.7 Å². The summed E-state index contributed by atoms with van der Waals surface area (Å²) in [4.78, 5) is 13.2. The molecule has 4 rings (SSSR count). The summed E-state index contributed by atoms with van der Waals surface area (Å²) in [7, 11) is -4.06. The van der Waals surface area contributed by atoms with Crippen molar-refractivity contribution in [1.29, 1.82) is 0 Å². The Morgan fingerprint density at radius 3 is 2.18 bits per heavy atom. The minimum absolute atomic E-state index is 0.0141. The summed E-state index contributed by atoms with van der Waals surface area (Å²) in [5.74, 6) is -1.15. The zero-order valence-corrected chi connectivity index (χ0v) is 19.8. The van der Waals surface area contributed by atoms with Crippen molar-refractivity contribution in [3.63, 3.8) is 0 Å². The number of benzene rings is 3. The quantitative estimate of drug-likeness (QED) is 0.483. The Balaban J connectivity index is 1.81. The maximum atomic E-state index is 13.5. The zero-order chi connectivity index (χ0) is 23.8. The summed E-state index contributed by atoms with van der Waals surface area (Å²) in [6.45, 7) is 1.38. The molecule has 0 saturated carbocycles. The summed E-state index contributed by atoms with van der Waals surface area (Å²) < 4.78 is 28.2. The standard InChI is InChI=1S/C24H20Cl2N2O4S/c1-15-23(29)22(24(30)27-19-12-10-18(26)11-13-19)20-4-2-3-5-21(20)28(33(15,31)32)14-16-6-8-17(25)9-7-16/h2-13,15,29H,14H2,1H3,(H,27,30). The fraction of sp³-hybridized carbons (Fsp3) is 0.125. The molecule has 0 aromatic heterocycles. The van der Waals surface area contributed by atoms with Crippen molar-refractivity contribution in [2.45, 2.75) is 18.7 Å². The van der Waals surface area contributed by atoms with Crippen LogP contribution in [0.15, 0.2) is 78.6 Å². The van der Waals surface area contributed by atoms with Gasteiger partial charge in [-0.1, -0.05) is 53.5 Å². The number of sulfonamides is 1. The highest BCUT2D eigenvalue weighted by Crippen LogP contribution is 2.39. The molecule has 1 heterocycles. The average Bonchev–Trinajstić information content (AvgIpc) is 2.85. The molecule has 1 amide bonds. The number of amides is 1. The Morgan fingerprint density at radius 2 is 1.55 bits per heavy atom. The van der Waals surface area contributed by atoms with Gasteiger partial charge < -0.3 is 10.4 Å². The number of carbonyl (C=O) groups is 1. The minimum atomic E-state index is -4.06. The van der Waals surface area contributed by atoms with E-state index >= 15 is 0 Å². The van der Waals surface area contributed by atoms with E-state index in [4.69, 9.17) is 23.2 Å². The first-order valence-corrected chi connectivity index (χ1v) is 12.3. The van der Waals surface area contributed by atoms with Gasteiger partial charge >= 0.3 is 0 Å². The second kappa shape index (κ2) is 9.09. The van der Waals surface area contributed by atoms with Crippen LogP contribution in [0.25, 0.3) is 5.57 Å². The van der Waals surface area contributed by atoms with Crippen LogP contribution in [0.5, 0.6) is 0 Å². The maximum absolute atomic E-state index is 13.5. The Morgan fingerprint density at radius 1 is 0.970 bits per heavy atom. The van der Waals surface area contributed by atoms with Crippen LogP contribution in [0.3, 0.4) is 0 Å². The van der Waals surface area contributed by atoms with Crippen molar-refractivity contribution < 1.29 is 18.3 Å². The highest BCUT2D eigenvalue weighted by Gasteiger charge is 2.40. The van der Waals surface area contributed by atoms with Gasteiger partial charge in [0.2, 0.25) is 10.0 Å². The molecule has 1 unspecified atom stereocenters. The number of nitrogens with one attached hydrogen (secondary N) is 1. The summed E-state index contributed by atoms with van der Waals surface area (Å²) in [6.07, 6.45) is 0. The van der Waals surface area contributed by atoms with E-state index in [1.54, 1.807) is 72.8 Å². The Labute approximate surface area is 202 Å². The maximum Gasteiger partial charge on any atom is 0.259 e. The lowest BCUT2D eigenvalue weighted by atomic mass is 10.00. The van der Waals surface area contributed by atoms with Crippen molar-refractivity contribution >= 4 is 56.1 Å². The lowest BCUT2D eigenvalue weighted by molar-refractivity contribution is -0.111. The van der Waals surface area contributed by atoms with Crippen molar-refractivity contribution in [2.75, 3.05) is 9.62 Å². The van der Waals surface area contributed by atoms with Crippen LogP contribution in [0.2, 0.25) is 10.0 Å². The summed E-state index contributed by atoms with van der Waals surface area (Å²) >= 11 is 11.9. The van der Waals surface area contributed by atoms with Gasteiger partial charge in [0.1, 0.15) is 11.0 Å². The topological polar surface area (TPSA) is 86.7 Å². The van der Waals surface area contributed by atoms with Crippen LogP contribution in [0, 0.1) is 0 Å². The predicted molar refractivity (Wildman–Crippen MR) is 132 cm³/mol. The first-order valence-electron chi connectivity index (χ1n) is 10.0. The number of anilines is 2. The van der Waals surface area contributed by atoms with Crippen LogP contribution < -0.4 is 9.62 Å². The second-order valence-electron chi connectivity index (χ2n) is 7.56. The molecule has 0 bridgehead atoms. The molecule has 1 aliphatic heterocycles. The van der Waals surface area contributed by atoms with Gasteiger partial charge in [-0.25, -0.2) is 8.42 Å².